The number of nitrogens with zero attached hydrogens (tertiary/aromatic N) is 1. The zero-order chi connectivity index (χ0) is 5.98. The minimum atomic E-state index is -0.205. The average Bonchev–Trinajstić information content (AvgIpc) is 1.64. The van der Waals surface area contributed by atoms with Gasteiger partial charge in [0.1, 0.15) is 0 Å². The van der Waals surface area contributed by atoms with Gasteiger partial charge in [-0.15, -0.1) is 0 Å². The van der Waals surface area contributed by atoms with Gasteiger partial charge in [0.25, 0.3) is 0 Å². The van der Waals surface area contributed by atoms with Crippen molar-refractivity contribution >= 4 is 12.2 Å². The van der Waals surface area contributed by atoms with E-state index in [1.807, 2.05) is 0 Å². The molecule has 0 aromatic rings. The van der Waals surface area contributed by atoms with Crippen LogP contribution in [0, 0.1) is 13.3 Å². The van der Waals surface area contributed by atoms with Crippen molar-refractivity contribution in [3.8, 4) is 0 Å². The zero-order valence-electron chi connectivity index (χ0n) is 5.28. The van der Waals surface area contributed by atoms with E-state index in [9.17, 15) is 4.79 Å². The van der Waals surface area contributed by atoms with E-state index < -0.39 is 0 Å². The molecule has 1 rings (SSSR count). The number of amides is 1. The van der Waals surface area contributed by atoms with Crippen molar-refractivity contribution in [1.82, 2.24) is 5.32 Å². The Morgan fingerprint density at radius 3 is 2.70 bits per heavy atom. The van der Waals surface area contributed by atoms with Gasteiger partial charge in [-0.25, -0.2) is 0 Å². The van der Waals surface area contributed by atoms with E-state index >= 15 is 0 Å². The summed E-state index contributed by atoms with van der Waals surface area (Å²) in [4.78, 5) is 14.1. The first-order chi connectivity index (χ1) is 3.79. The number of carbonyl (C=O) groups is 1. The summed E-state index contributed by atoms with van der Waals surface area (Å²) in [5.74, 6) is -0.125. The molecule has 0 aliphatic carbocycles. The van der Waals surface area contributed by atoms with E-state index in [2.05, 4.69) is 17.2 Å². The third-order valence-electron chi connectivity index (χ3n) is 0.817. The van der Waals surface area contributed by atoms with E-state index in [0.717, 1.165) is 0 Å². The van der Waals surface area contributed by atoms with E-state index in [4.69, 9.17) is 0 Å². The Balaban J connectivity index is 0. The molecule has 3 nitrogen and oxygen atoms in total. The molecule has 1 atom stereocenters. The number of hydrogen-bond acceptors (Lipinski definition) is 2. The molecule has 10 heavy (non-hydrogen) atoms. The molecule has 1 unspecified atom stereocenters. The fraction of sp³-hybridized carbons (Fsp3) is 0.200. The molecule has 0 aromatic carbocycles. The molecular weight excluding hydrogens is 377 g/mol. The van der Waals surface area contributed by atoms with Crippen LogP contribution in [0.1, 0.15) is 0 Å². The number of rotatable bonds is 0. The molecule has 1 aliphatic rings. The first-order valence-electron chi connectivity index (χ1n) is 2.29. The average molecular weight is 383 g/mol. The van der Waals surface area contributed by atoms with Crippen molar-refractivity contribution in [2.75, 3.05) is 0 Å². The minimum Gasteiger partial charge on any atom is -0.347 e. The number of nitrogens with one attached hydrogen (secondary N) is 1. The Kier molecular flexibility index (Phi) is 8.72. The van der Waals surface area contributed by atoms with Gasteiger partial charge in [-0.05, 0) is 0 Å². The van der Waals surface area contributed by atoms with Crippen molar-refractivity contribution in [3.05, 3.63) is 13.3 Å². The summed E-state index contributed by atoms with van der Waals surface area (Å²) in [6.07, 6.45) is 2.78. The van der Waals surface area contributed by atoms with Crippen LogP contribution < -0.4 is 5.32 Å². The second-order valence-electron chi connectivity index (χ2n) is 1.52. The Morgan fingerprint density at radius 1 is 1.80 bits per heavy atom. The molecule has 1 aliphatic heterocycles. The van der Waals surface area contributed by atoms with E-state index in [1.165, 1.54) is 12.8 Å². The normalized spacial score (nSPS) is 21.3. The Hall–Kier alpha value is 0.802. The predicted octanol–water partition coefficient (Wildman–Crippen LogP) is -0.454. The maximum atomic E-state index is 10.4. The van der Waals surface area contributed by atoms with Crippen LogP contribution in [0.2, 0.25) is 0 Å². The third kappa shape index (κ3) is 4.59. The summed E-state index contributed by atoms with van der Waals surface area (Å²) in [7, 11) is 0. The molecule has 0 saturated carbocycles. The fourth-order valence-corrected chi connectivity index (χ4v) is 0.463. The second kappa shape index (κ2) is 6.51. The molecule has 1 heterocycles. The summed E-state index contributed by atoms with van der Waals surface area (Å²) in [6.45, 7) is 3.53. The molecule has 1 radical (unpaired) electrons. The van der Waals surface area contributed by atoms with Crippen molar-refractivity contribution in [2.24, 2.45) is 4.99 Å². The van der Waals surface area contributed by atoms with Gasteiger partial charge in [0.05, 0.1) is 12.2 Å². The first-order valence-corrected chi connectivity index (χ1v) is 2.29. The van der Waals surface area contributed by atoms with Crippen molar-refractivity contribution in [1.29, 1.82) is 0 Å². The summed E-state index contributed by atoms with van der Waals surface area (Å²) in [5.41, 5.74) is 0. The molecule has 0 bridgehead atoms. The second-order valence-corrected chi connectivity index (χ2v) is 1.52. The molecule has 1 amide bonds. The fourth-order valence-electron chi connectivity index (χ4n) is 0.463. The van der Waals surface area contributed by atoms with Crippen LogP contribution in [0.25, 0.3) is 0 Å². The monoisotopic (exact) mass is 383 g/mol. The smallest absolute Gasteiger partial charge is 0.0870 e. The van der Waals surface area contributed by atoms with E-state index in [1.54, 1.807) is 0 Å². The number of aliphatic imine (C=N–C) groups is 1. The largest absolute Gasteiger partial charge is 0.347 e. The van der Waals surface area contributed by atoms with Crippen LogP contribution in [0.15, 0.2) is 4.99 Å². The van der Waals surface area contributed by atoms with Crippen LogP contribution in [0.4, 0.5) is 0 Å². The van der Waals surface area contributed by atoms with Gasteiger partial charge in [0.2, 0.25) is 0 Å². The molecule has 0 saturated heterocycles. The van der Waals surface area contributed by atoms with Crippen LogP contribution in [-0.2, 0) is 58.6 Å². The summed E-state index contributed by atoms with van der Waals surface area (Å²) < 4.78 is 0. The van der Waals surface area contributed by atoms with E-state index in [0.29, 0.717) is 0 Å². The van der Waals surface area contributed by atoms with Gasteiger partial charge in [-0.2, -0.15) is 6.04 Å². The van der Waals surface area contributed by atoms with Crippen LogP contribution in [0.3, 0.4) is 0 Å². The van der Waals surface area contributed by atoms with Crippen LogP contribution in [-0.4, -0.2) is 18.3 Å². The van der Waals surface area contributed by atoms with Gasteiger partial charge in [-0.1, -0.05) is 0 Å². The van der Waals surface area contributed by atoms with Gasteiger partial charge < -0.3 is 28.4 Å². The molecule has 0 aromatic heterocycles. The molecular formula is C5H6N2OWY-2. The zero-order valence-corrected chi connectivity index (χ0v) is 11.1. The maximum absolute atomic E-state index is 10.4. The van der Waals surface area contributed by atoms with Crippen LogP contribution in [0.5, 0.6) is 0 Å². The maximum Gasteiger partial charge on any atom is 0.0870 e. The van der Waals surface area contributed by atoms with Crippen molar-refractivity contribution in [2.45, 2.75) is 6.04 Å². The molecule has 0 fully saturated rings. The van der Waals surface area contributed by atoms with Crippen molar-refractivity contribution in [3.63, 3.8) is 0 Å². The SMILES string of the molecule is [CH2-]C1[CH-]C(=O)NC=N1.[W].[Y]. The van der Waals surface area contributed by atoms with Gasteiger partial charge in [0.15, 0.2) is 0 Å². The number of hydrogen-bond donors (Lipinski definition) is 1. The third-order valence-corrected chi connectivity index (χ3v) is 0.817. The Labute approximate surface area is 99.6 Å². The summed E-state index contributed by atoms with van der Waals surface area (Å²) in [5, 5.41) is 2.39. The Bertz CT molecular complexity index is 140. The van der Waals surface area contributed by atoms with Gasteiger partial charge in [-0.3, -0.25) is 0 Å². The standard InChI is InChI=1S/C5H6N2O.W.Y/c1-4-2-5(8)7-3-6-4;;/h2-4H,1H2,(H,6,7,8);;/q-2;;. The minimum absolute atomic E-state index is 0. The Morgan fingerprint density at radius 2 is 2.40 bits per heavy atom. The van der Waals surface area contributed by atoms with E-state index in [-0.39, 0.29) is 65.7 Å². The van der Waals surface area contributed by atoms with Crippen molar-refractivity contribution < 1.29 is 58.6 Å². The molecule has 5 heteroatoms. The molecule has 53 valence electrons. The number of carbonyl (C=O) groups excluding carboxylic acids is 1. The first kappa shape index (κ1) is 13.4. The summed E-state index contributed by atoms with van der Waals surface area (Å²) in [6, 6.07) is -0.205. The summed E-state index contributed by atoms with van der Waals surface area (Å²) >= 11 is 0. The topological polar surface area (TPSA) is 41.5 Å². The molecule has 1 N–H and O–H groups in total. The predicted molar refractivity (Wildman–Crippen MR) is 30.1 cm³/mol. The van der Waals surface area contributed by atoms with Gasteiger partial charge >= 0.3 is 0 Å². The van der Waals surface area contributed by atoms with Gasteiger partial charge in [0, 0.05) is 53.8 Å². The quantitative estimate of drug-likeness (QED) is 0.566. The van der Waals surface area contributed by atoms with Crippen LogP contribution >= 0.6 is 0 Å². The molecule has 0 spiro atoms.